The molecule has 2 aromatic carbocycles. The van der Waals surface area contributed by atoms with E-state index >= 15 is 0 Å². The molecule has 1 aliphatic heterocycles. The van der Waals surface area contributed by atoms with Crippen LogP contribution in [0.15, 0.2) is 60.3 Å². The number of aliphatic carboxylic acids is 1. The second-order valence-corrected chi connectivity index (χ2v) is 20.1. The molecule has 5 unspecified atom stereocenters. The van der Waals surface area contributed by atoms with Crippen LogP contribution in [0.1, 0.15) is 93.8 Å². The topological polar surface area (TPSA) is 198 Å². The predicted octanol–water partition coefficient (Wildman–Crippen LogP) is 8.08. The highest BCUT2D eigenvalue weighted by molar-refractivity contribution is 7.22. The van der Waals surface area contributed by atoms with Crippen molar-refractivity contribution in [2.45, 2.75) is 84.2 Å². The fourth-order valence-electron chi connectivity index (χ4n) is 13.0. The van der Waals surface area contributed by atoms with Crippen molar-refractivity contribution in [1.29, 1.82) is 5.41 Å². The zero-order chi connectivity index (χ0) is 43.7. The van der Waals surface area contributed by atoms with Crippen LogP contribution in [0.4, 0.5) is 15.6 Å². The van der Waals surface area contributed by atoms with Gasteiger partial charge in [0.15, 0.2) is 10.8 Å². The van der Waals surface area contributed by atoms with Crippen LogP contribution in [0.5, 0.6) is 0 Å². The first-order valence-corrected chi connectivity index (χ1v) is 22.3. The molecule has 5 N–H and O–H groups in total. The Bertz CT molecular complexity index is 2530. The van der Waals surface area contributed by atoms with Crippen molar-refractivity contribution in [2.24, 2.45) is 21.7 Å². The molecule has 0 radical (unpaired) electrons. The summed E-state index contributed by atoms with van der Waals surface area (Å²) in [6, 6.07) is 16.7. The second kappa shape index (κ2) is 15.3. The zero-order valence-corrected chi connectivity index (χ0v) is 36.2. The number of carbonyl (C=O) groups is 4. The Kier molecular flexibility index (Phi) is 10.3. The summed E-state index contributed by atoms with van der Waals surface area (Å²) in [4.78, 5) is 61.8. The number of nitrogens with zero attached hydrogens (tertiary/aromatic N) is 4. The van der Waals surface area contributed by atoms with E-state index in [0.29, 0.717) is 65.9 Å². The molecule has 1 spiro atoms. The lowest BCUT2D eigenvalue weighted by Gasteiger charge is -2.65. The lowest BCUT2D eigenvalue weighted by atomic mass is 9.39. The number of aromatic carboxylic acids is 1. The number of aromatic nitrogens is 2. The number of para-hydroxylation sites is 1. The Morgan fingerprint density at radius 2 is 1.82 bits per heavy atom. The van der Waals surface area contributed by atoms with Gasteiger partial charge in [-0.05, 0) is 116 Å². The number of hydrogen-bond acceptors (Lipinski definition) is 10. The number of anilines is 2. The first-order valence-electron chi connectivity index (χ1n) is 21.5. The second-order valence-electron chi connectivity index (χ2n) is 19.1. The van der Waals surface area contributed by atoms with E-state index in [1.165, 1.54) is 22.5 Å². The Labute approximate surface area is 364 Å². The molecule has 3 bridgehead atoms. The maximum atomic E-state index is 13.6. The minimum Gasteiger partial charge on any atom is -0.481 e. The van der Waals surface area contributed by atoms with E-state index in [4.69, 9.17) is 15.3 Å². The van der Waals surface area contributed by atoms with Gasteiger partial charge in [0, 0.05) is 60.5 Å². The summed E-state index contributed by atoms with van der Waals surface area (Å²) in [5, 5.41) is 35.3. The van der Waals surface area contributed by atoms with Gasteiger partial charge < -0.3 is 30.6 Å². The lowest BCUT2D eigenvalue weighted by Crippen LogP contribution is -2.62. The minimum absolute atomic E-state index is 0.0643. The smallest absolute Gasteiger partial charge is 0.355 e. The first kappa shape index (κ1) is 41.7. The van der Waals surface area contributed by atoms with Gasteiger partial charge in [-0.3, -0.25) is 19.8 Å². The molecule has 0 saturated heterocycles. The third-order valence-corrected chi connectivity index (χ3v) is 15.9. The van der Waals surface area contributed by atoms with Gasteiger partial charge in [0.2, 0.25) is 6.41 Å². The Morgan fingerprint density at radius 1 is 1.00 bits per heavy atom. The van der Waals surface area contributed by atoms with Gasteiger partial charge in [-0.25, -0.2) is 19.6 Å². The Morgan fingerprint density at radius 3 is 2.58 bits per heavy atom. The maximum Gasteiger partial charge on any atom is 0.355 e. The highest BCUT2D eigenvalue weighted by Crippen LogP contribution is 2.89. The summed E-state index contributed by atoms with van der Waals surface area (Å²) in [7, 11) is 0. The number of allylic oxidation sites excluding steroid dienone is 2. The van der Waals surface area contributed by atoms with Crippen molar-refractivity contribution in [3.8, 4) is 11.3 Å². The van der Waals surface area contributed by atoms with Crippen LogP contribution in [0, 0.1) is 27.1 Å². The van der Waals surface area contributed by atoms with E-state index in [1.54, 1.807) is 17.0 Å². The summed E-state index contributed by atoms with van der Waals surface area (Å²) in [5.41, 5.74) is 4.95. The Balaban J connectivity index is 0.941. The molecule has 15 heteroatoms. The number of thiazole rings is 1. The van der Waals surface area contributed by atoms with Crippen LogP contribution < -0.4 is 15.5 Å². The molecule has 3 heterocycles. The van der Waals surface area contributed by atoms with Gasteiger partial charge in [-0.15, -0.1) is 0 Å². The van der Waals surface area contributed by atoms with Crippen molar-refractivity contribution in [2.75, 3.05) is 43.0 Å². The third kappa shape index (κ3) is 6.93. The van der Waals surface area contributed by atoms with Gasteiger partial charge in [-0.1, -0.05) is 49.4 Å². The highest BCUT2D eigenvalue weighted by atomic mass is 32.1. The number of carboxylic acid groups (broad SMARTS) is 2. The molecule has 4 aliphatic carbocycles. The molecule has 5 aliphatic rings. The van der Waals surface area contributed by atoms with Crippen LogP contribution in [0.25, 0.3) is 27.0 Å². The molecule has 62 heavy (non-hydrogen) atoms. The SMILES string of the molecule is C/C(NCC12CC3(OCCN(C=O)CCC(=O)O)CC4(C)CC(C)(C1)C2(C4)C3)=C(/C=N)c1ccc(-c2ccc3c(c2)N(C(=O)Nc2nc4ccccc4s2)CCC3)nc1C(=O)O. The zero-order valence-electron chi connectivity index (χ0n) is 35.4. The van der Waals surface area contributed by atoms with Gasteiger partial charge >= 0.3 is 18.0 Å². The molecule has 4 fully saturated rings. The molecule has 5 atom stereocenters. The van der Waals surface area contributed by atoms with Crippen molar-refractivity contribution in [1.82, 2.24) is 20.2 Å². The van der Waals surface area contributed by atoms with Crippen LogP contribution in [-0.4, -0.2) is 94.1 Å². The van der Waals surface area contributed by atoms with Crippen molar-refractivity contribution >= 4 is 68.5 Å². The van der Waals surface area contributed by atoms with Gasteiger partial charge in [0.1, 0.15) is 0 Å². The number of carboxylic acids is 2. The van der Waals surface area contributed by atoms with Crippen molar-refractivity contribution in [3.63, 3.8) is 0 Å². The Hall–Kier alpha value is -5.67. The summed E-state index contributed by atoms with van der Waals surface area (Å²) in [5.74, 6) is -2.15. The van der Waals surface area contributed by atoms with E-state index < -0.39 is 11.9 Å². The van der Waals surface area contributed by atoms with Crippen molar-refractivity contribution < 1.29 is 34.1 Å². The first-order chi connectivity index (χ1) is 29.6. The number of nitrogens with one attached hydrogen (secondary N) is 3. The number of urea groups is 1. The quantitative estimate of drug-likeness (QED) is 0.0542. The molecule has 2 aromatic heterocycles. The summed E-state index contributed by atoms with van der Waals surface area (Å²) in [6.07, 6.45) is 9.41. The molecule has 14 nitrogen and oxygen atoms in total. The largest absolute Gasteiger partial charge is 0.481 e. The van der Waals surface area contributed by atoms with Gasteiger partial charge in [0.05, 0.1) is 34.5 Å². The van der Waals surface area contributed by atoms with E-state index in [1.807, 2.05) is 49.4 Å². The van der Waals surface area contributed by atoms with Crippen LogP contribution >= 0.6 is 11.3 Å². The molecule has 9 rings (SSSR count). The average Bonchev–Trinajstić information content (AvgIpc) is 3.77. The number of benzene rings is 2. The third-order valence-electron chi connectivity index (χ3n) is 14.9. The monoisotopic (exact) mass is 859 g/mol. The number of aryl methyl sites for hydroxylation is 1. The number of hydrogen-bond donors (Lipinski definition) is 5. The molecular formula is C47H53N7O7S. The number of carbonyl (C=O) groups excluding carboxylic acids is 2. The van der Waals surface area contributed by atoms with Crippen LogP contribution in [0.2, 0.25) is 0 Å². The predicted molar refractivity (Wildman–Crippen MR) is 238 cm³/mol. The standard InChI is InChI=1S/C47H53N7O7S/c1-29(49-27-45-24-44(3)21-43(2)22-46(25-45,26-47(44,45)23-43)61-18-17-53(28-55)16-14-38(56)57)33(20-48)32-12-13-34(50-39(32)40(58)59)31-11-10-30-7-6-15-54(36(30)19-31)42(60)52-41-51-35-8-4-5-9-37(35)62-41/h4-5,8-13,19-20,28,48-49H,6-7,14-18,21-27H2,1-3H3,(H,56,57)(H,58,59)(H,51,52,60)/b33-29+,48-20?. The number of fused-ring (bicyclic) bond motifs is 4. The lowest BCUT2D eigenvalue weighted by molar-refractivity contribution is -0.166. The number of amides is 3. The summed E-state index contributed by atoms with van der Waals surface area (Å²) >= 11 is 1.42. The molecule has 4 aromatic rings. The number of pyridine rings is 1. The molecular weight excluding hydrogens is 807 g/mol. The molecule has 4 saturated carbocycles. The maximum absolute atomic E-state index is 13.6. The number of rotatable bonds is 16. The van der Waals surface area contributed by atoms with E-state index in [2.05, 4.69) is 34.4 Å². The fraction of sp³-hybridized carbons (Fsp3) is 0.468. The van der Waals surface area contributed by atoms with E-state index in [-0.39, 0.29) is 52.0 Å². The minimum atomic E-state index is -1.21. The summed E-state index contributed by atoms with van der Waals surface area (Å²) < 4.78 is 7.79. The fourth-order valence-corrected chi connectivity index (χ4v) is 13.9. The van der Waals surface area contributed by atoms with Crippen LogP contribution in [-0.2, 0) is 20.7 Å². The normalized spacial score (nSPS) is 28.1. The number of ether oxygens (including phenoxy) is 1. The molecule has 324 valence electrons. The average molecular weight is 860 g/mol. The molecule has 3 amide bonds. The van der Waals surface area contributed by atoms with Gasteiger partial charge in [0.25, 0.3) is 0 Å². The van der Waals surface area contributed by atoms with E-state index in [9.17, 15) is 24.3 Å². The summed E-state index contributed by atoms with van der Waals surface area (Å²) in [6.45, 7) is 8.69. The van der Waals surface area contributed by atoms with Gasteiger partial charge in [-0.2, -0.15) is 0 Å². The van der Waals surface area contributed by atoms with Crippen LogP contribution in [0.3, 0.4) is 0 Å². The highest BCUT2D eigenvalue weighted by Gasteiger charge is 2.84. The van der Waals surface area contributed by atoms with E-state index in [0.717, 1.165) is 72.8 Å². The van der Waals surface area contributed by atoms with Crippen molar-refractivity contribution in [3.05, 3.63) is 77.1 Å².